The van der Waals surface area contributed by atoms with Gasteiger partial charge in [-0.25, -0.2) is 4.39 Å². The SMILES string of the molecule is COc1ccccc1CNC(=O)/C=C(\C)c1cc2c(-c3ccc(F)cc3)coc2c(C)c1OC. The lowest BCUT2D eigenvalue weighted by molar-refractivity contribution is -0.116. The first-order valence-corrected chi connectivity index (χ1v) is 10.9. The van der Waals surface area contributed by atoms with Gasteiger partial charge >= 0.3 is 0 Å². The molecule has 0 atom stereocenters. The lowest BCUT2D eigenvalue weighted by atomic mass is 9.96. The van der Waals surface area contributed by atoms with Gasteiger partial charge in [0, 0.05) is 40.3 Å². The molecule has 174 valence electrons. The average Bonchev–Trinajstić information content (AvgIpc) is 3.27. The van der Waals surface area contributed by atoms with Crippen LogP contribution in [0.5, 0.6) is 11.5 Å². The largest absolute Gasteiger partial charge is 0.496 e. The molecular formula is C28H26FNO4. The van der Waals surface area contributed by atoms with Gasteiger partial charge in [-0.15, -0.1) is 0 Å². The van der Waals surface area contributed by atoms with Crippen molar-refractivity contribution in [3.8, 4) is 22.6 Å². The summed E-state index contributed by atoms with van der Waals surface area (Å²) >= 11 is 0. The fourth-order valence-electron chi connectivity index (χ4n) is 4.08. The third-order valence-corrected chi connectivity index (χ3v) is 5.82. The summed E-state index contributed by atoms with van der Waals surface area (Å²) in [5.41, 5.74) is 5.61. The van der Waals surface area contributed by atoms with Crippen LogP contribution in [0.4, 0.5) is 4.39 Å². The van der Waals surface area contributed by atoms with Crippen LogP contribution < -0.4 is 14.8 Å². The molecule has 0 saturated carbocycles. The minimum Gasteiger partial charge on any atom is -0.496 e. The van der Waals surface area contributed by atoms with E-state index in [9.17, 15) is 9.18 Å². The monoisotopic (exact) mass is 459 g/mol. The molecule has 0 bridgehead atoms. The number of carbonyl (C=O) groups is 1. The molecule has 3 aromatic carbocycles. The van der Waals surface area contributed by atoms with Crippen molar-refractivity contribution in [2.45, 2.75) is 20.4 Å². The lowest BCUT2D eigenvalue weighted by Crippen LogP contribution is -2.21. The molecule has 0 unspecified atom stereocenters. The summed E-state index contributed by atoms with van der Waals surface area (Å²) in [5.74, 6) is 0.834. The van der Waals surface area contributed by atoms with E-state index in [1.807, 2.05) is 44.2 Å². The molecule has 0 spiro atoms. The third-order valence-electron chi connectivity index (χ3n) is 5.82. The van der Waals surface area contributed by atoms with Crippen molar-refractivity contribution >= 4 is 22.4 Å². The Bertz CT molecular complexity index is 1370. The smallest absolute Gasteiger partial charge is 0.244 e. The summed E-state index contributed by atoms with van der Waals surface area (Å²) in [5, 5.41) is 3.77. The van der Waals surface area contributed by atoms with Gasteiger partial charge in [0.05, 0.1) is 20.5 Å². The topological polar surface area (TPSA) is 60.7 Å². The molecule has 1 amide bonds. The maximum atomic E-state index is 13.4. The van der Waals surface area contributed by atoms with Crippen LogP contribution in [0.1, 0.15) is 23.6 Å². The Morgan fingerprint density at radius 2 is 1.82 bits per heavy atom. The molecule has 5 nitrogen and oxygen atoms in total. The number of benzene rings is 3. The van der Waals surface area contributed by atoms with E-state index in [2.05, 4.69) is 5.32 Å². The van der Waals surface area contributed by atoms with Crippen molar-refractivity contribution in [1.82, 2.24) is 5.32 Å². The number of rotatable bonds is 7. The Morgan fingerprint density at radius 3 is 2.53 bits per heavy atom. The van der Waals surface area contributed by atoms with E-state index in [4.69, 9.17) is 13.9 Å². The average molecular weight is 460 g/mol. The van der Waals surface area contributed by atoms with Crippen LogP contribution in [0.15, 0.2) is 71.4 Å². The molecule has 34 heavy (non-hydrogen) atoms. The van der Waals surface area contributed by atoms with Gasteiger partial charge in [-0.05, 0) is 49.2 Å². The van der Waals surface area contributed by atoms with Crippen LogP contribution in [-0.4, -0.2) is 20.1 Å². The highest BCUT2D eigenvalue weighted by molar-refractivity contribution is 6.01. The van der Waals surface area contributed by atoms with Gasteiger partial charge in [-0.2, -0.15) is 0 Å². The van der Waals surface area contributed by atoms with Crippen molar-refractivity contribution in [2.75, 3.05) is 14.2 Å². The van der Waals surface area contributed by atoms with Crippen molar-refractivity contribution in [2.24, 2.45) is 0 Å². The Hall–Kier alpha value is -4.06. The predicted octanol–water partition coefficient (Wildman–Crippen LogP) is 6.28. The predicted molar refractivity (Wildman–Crippen MR) is 131 cm³/mol. The molecule has 0 radical (unpaired) electrons. The standard InChI is InChI=1S/C28H26FNO4/c1-17(13-26(31)30-15-20-7-5-6-8-25(20)32-3)22-14-23-24(19-9-11-21(29)12-10-19)16-34-28(23)18(2)27(22)33-4/h5-14,16H,15H2,1-4H3,(H,30,31)/b17-13+. The van der Waals surface area contributed by atoms with Gasteiger partial charge < -0.3 is 19.2 Å². The second-order valence-electron chi connectivity index (χ2n) is 7.97. The number of hydrogen-bond acceptors (Lipinski definition) is 4. The van der Waals surface area contributed by atoms with Crippen LogP contribution in [0.25, 0.3) is 27.7 Å². The summed E-state index contributed by atoms with van der Waals surface area (Å²) in [6.07, 6.45) is 3.21. The highest BCUT2D eigenvalue weighted by Gasteiger charge is 2.19. The van der Waals surface area contributed by atoms with Crippen molar-refractivity contribution < 1.29 is 23.1 Å². The number of carbonyl (C=O) groups excluding carboxylic acids is 1. The number of nitrogens with one attached hydrogen (secondary N) is 1. The zero-order chi connectivity index (χ0) is 24.2. The summed E-state index contributed by atoms with van der Waals surface area (Å²) in [6, 6.07) is 15.8. The van der Waals surface area contributed by atoms with Crippen molar-refractivity contribution in [1.29, 1.82) is 0 Å². The van der Waals surface area contributed by atoms with Gasteiger partial charge in [-0.3, -0.25) is 4.79 Å². The Labute approximate surface area is 197 Å². The van der Waals surface area contributed by atoms with Crippen LogP contribution in [0.3, 0.4) is 0 Å². The van der Waals surface area contributed by atoms with Crippen molar-refractivity contribution in [3.63, 3.8) is 0 Å². The molecule has 1 heterocycles. The quantitative estimate of drug-likeness (QED) is 0.330. The Kier molecular flexibility index (Phi) is 6.68. The Morgan fingerprint density at radius 1 is 1.09 bits per heavy atom. The Balaban J connectivity index is 1.67. The fraction of sp³-hybridized carbons (Fsp3) is 0.179. The second-order valence-corrected chi connectivity index (χ2v) is 7.97. The maximum absolute atomic E-state index is 13.4. The molecule has 4 rings (SSSR count). The summed E-state index contributed by atoms with van der Waals surface area (Å²) in [7, 11) is 3.20. The first-order chi connectivity index (χ1) is 16.4. The minimum absolute atomic E-state index is 0.228. The van der Waals surface area contributed by atoms with E-state index in [1.165, 1.54) is 12.1 Å². The number of methoxy groups -OCH3 is 2. The van der Waals surface area contributed by atoms with Crippen LogP contribution in [0, 0.1) is 12.7 Å². The highest BCUT2D eigenvalue weighted by atomic mass is 19.1. The van der Waals surface area contributed by atoms with E-state index in [-0.39, 0.29) is 11.7 Å². The molecule has 1 aromatic heterocycles. The maximum Gasteiger partial charge on any atom is 0.244 e. The molecule has 0 aliphatic rings. The first kappa shape index (κ1) is 23.1. The van der Waals surface area contributed by atoms with Gasteiger partial charge in [0.15, 0.2) is 0 Å². The molecule has 0 fully saturated rings. The minimum atomic E-state index is -0.298. The van der Waals surface area contributed by atoms with Crippen LogP contribution >= 0.6 is 0 Å². The van der Waals surface area contributed by atoms with E-state index < -0.39 is 0 Å². The number of amides is 1. The molecule has 0 aliphatic heterocycles. The number of furan rings is 1. The number of para-hydroxylation sites is 1. The molecular weight excluding hydrogens is 433 g/mol. The second kappa shape index (κ2) is 9.83. The number of hydrogen-bond donors (Lipinski definition) is 1. The number of fused-ring (bicyclic) bond motifs is 1. The summed E-state index contributed by atoms with van der Waals surface area (Å²) in [6.45, 7) is 4.12. The molecule has 0 saturated heterocycles. The molecule has 4 aromatic rings. The molecule has 6 heteroatoms. The van der Waals surface area contributed by atoms with E-state index in [1.54, 1.807) is 38.7 Å². The van der Waals surface area contributed by atoms with Gasteiger partial charge in [0.1, 0.15) is 22.9 Å². The van der Waals surface area contributed by atoms with Gasteiger partial charge in [-0.1, -0.05) is 30.3 Å². The number of allylic oxidation sites excluding steroid dienone is 1. The fourth-order valence-corrected chi connectivity index (χ4v) is 4.08. The number of aryl methyl sites for hydroxylation is 1. The van der Waals surface area contributed by atoms with Crippen molar-refractivity contribution in [3.05, 3.63) is 89.4 Å². The van der Waals surface area contributed by atoms with Gasteiger partial charge in [0.25, 0.3) is 0 Å². The molecule has 1 N–H and O–H groups in total. The van der Waals surface area contributed by atoms with Gasteiger partial charge in [0.2, 0.25) is 5.91 Å². The molecule has 0 aliphatic carbocycles. The number of ether oxygens (including phenoxy) is 2. The van der Waals surface area contributed by atoms with E-state index in [0.29, 0.717) is 17.9 Å². The summed E-state index contributed by atoms with van der Waals surface area (Å²) < 4.78 is 30.3. The van der Waals surface area contributed by atoms with E-state index >= 15 is 0 Å². The first-order valence-electron chi connectivity index (χ1n) is 10.9. The summed E-state index contributed by atoms with van der Waals surface area (Å²) in [4.78, 5) is 12.7. The highest BCUT2D eigenvalue weighted by Crippen LogP contribution is 2.40. The number of halogens is 1. The van der Waals surface area contributed by atoms with Crippen LogP contribution in [0.2, 0.25) is 0 Å². The zero-order valence-corrected chi connectivity index (χ0v) is 19.6. The lowest BCUT2D eigenvalue weighted by Gasteiger charge is -2.13. The zero-order valence-electron chi connectivity index (χ0n) is 19.6. The third kappa shape index (κ3) is 4.53. The normalized spacial score (nSPS) is 11.5. The van der Waals surface area contributed by atoms with Crippen LogP contribution in [-0.2, 0) is 11.3 Å². The van der Waals surface area contributed by atoms with E-state index in [0.717, 1.165) is 44.5 Å².